The van der Waals surface area contributed by atoms with Gasteiger partial charge in [-0.1, -0.05) is 17.7 Å². The van der Waals surface area contributed by atoms with E-state index in [0.717, 1.165) is 24.1 Å². The number of hydrogen-bond acceptors (Lipinski definition) is 3. The van der Waals surface area contributed by atoms with E-state index in [2.05, 4.69) is 21.8 Å². The van der Waals surface area contributed by atoms with Gasteiger partial charge in [-0.15, -0.1) is 0 Å². The normalized spacial score (nSPS) is 13.7. The summed E-state index contributed by atoms with van der Waals surface area (Å²) in [7, 11) is 0. The predicted octanol–water partition coefficient (Wildman–Crippen LogP) is 3.76. The third-order valence-corrected chi connectivity index (χ3v) is 5.11. The Bertz CT molecular complexity index is 882. The van der Waals surface area contributed by atoms with Gasteiger partial charge in [0.1, 0.15) is 0 Å². The van der Waals surface area contributed by atoms with Crippen LogP contribution in [0.2, 0.25) is 0 Å². The molecule has 1 aliphatic rings. The first-order chi connectivity index (χ1) is 13.5. The second-order valence-electron chi connectivity index (χ2n) is 7.31. The number of allylic oxidation sites excluding steroid dienone is 1. The quantitative estimate of drug-likeness (QED) is 0.718. The fourth-order valence-electron chi connectivity index (χ4n) is 3.31. The maximum atomic E-state index is 12.5. The molecular weight excluding hydrogens is 352 g/mol. The summed E-state index contributed by atoms with van der Waals surface area (Å²) in [4.78, 5) is 24.8. The lowest BCUT2D eigenvalue weighted by Gasteiger charge is -2.14. The number of amides is 2. The van der Waals surface area contributed by atoms with Crippen molar-refractivity contribution in [3.8, 4) is 0 Å². The van der Waals surface area contributed by atoms with Crippen LogP contribution in [0.4, 0.5) is 5.69 Å². The van der Waals surface area contributed by atoms with Gasteiger partial charge in [0.25, 0.3) is 5.91 Å². The zero-order valence-electron chi connectivity index (χ0n) is 16.6. The average molecular weight is 380 g/mol. The van der Waals surface area contributed by atoms with E-state index in [1.807, 2.05) is 26.0 Å². The number of rotatable bonds is 7. The minimum absolute atomic E-state index is 0.0945. The van der Waals surface area contributed by atoms with Crippen molar-refractivity contribution in [2.45, 2.75) is 52.5 Å². The summed E-state index contributed by atoms with van der Waals surface area (Å²) >= 11 is 0. The first kappa shape index (κ1) is 19.9. The molecule has 1 aromatic heterocycles. The third kappa shape index (κ3) is 5.31. The molecule has 0 bridgehead atoms. The van der Waals surface area contributed by atoms with Crippen LogP contribution in [0.5, 0.6) is 0 Å². The van der Waals surface area contributed by atoms with E-state index < -0.39 is 0 Å². The Balaban J connectivity index is 1.57. The van der Waals surface area contributed by atoms with Crippen LogP contribution in [-0.4, -0.2) is 28.1 Å². The van der Waals surface area contributed by atoms with Gasteiger partial charge in [-0.05, 0) is 63.3 Å². The maximum absolute atomic E-state index is 12.5. The second kappa shape index (κ2) is 9.35. The SMILES string of the molecule is Cc1ccc(C(=O)NCC2=CCCCC2)cc1NC(=O)CCn1nccc1C. The molecule has 148 valence electrons. The van der Waals surface area contributed by atoms with Crippen molar-refractivity contribution in [1.29, 1.82) is 0 Å². The zero-order valence-corrected chi connectivity index (χ0v) is 16.6. The lowest BCUT2D eigenvalue weighted by Crippen LogP contribution is -2.26. The monoisotopic (exact) mass is 380 g/mol. The van der Waals surface area contributed by atoms with Gasteiger partial charge >= 0.3 is 0 Å². The van der Waals surface area contributed by atoms with Gasteiger partial charge in [-0.25, -0.2) is 0 Å². The number of carbonyl (C=O) groups is 2. The minimum Gasteiger partial charge on any atom is -0.348 e. The molecule has 28 heavy (non-hydrogen) atoms. The molecule has 1 aliphatic carbocycles. The van der Waals surface area contributed by atoms with Gasteiger partial charge in [0.05, 0.1) is 0 Å². The summed E-state index contributed by atoms with van der Waals surface area (Å²) < 4.78 is 1.80. The number of nitrogens with one attached hydrogen (secondary N) is 2. The average Bonchev–Trinajstić information content (AvgIpc) is 3.12. The number of anilines is 1. The van der Waals surface area contributed by atoms with Gasteiger partial charge in [0, 0.05) is 42.7 Å². The van der Waals surface area contributed by atoms with Crippen LogP contribution < -0.4 is 10.6 Å². The Morgan fingerprint density at radius 3 is 2.75 bits per heavy atom. The van der Waals surface area contributed by atoms with E-state index in [-0.39, 0.29) is 11.8 Å². The fraction of sp³-hybridized carbons (Fsp3) is 0.409. The smallest absolute Gasteiger partial charge is 0.251 e. The summed E-state index contributed by atoms with van der Waals surface area (Å²) in [5.74, 6) is -0.211. The van der Waals surface area contributed by atoms with Crippen LogP contribution in [0.25, 0.3) is 0 Å². The first-order valence-corrected chi connectivity index (χ1v) is 9.88. The number of nitrogens with zero attached hydrogens (tertiary/aromatic N) is 2. The molecule has 6 heteroatoms. The molecule has 0 atom stereocenters. The molecule has 0 unspecified atom stereocenters. The van der Waals surface area contributed by atoms with E-state index in [0.29, 0.717) is 30.8 Å². The van der Waals surface area contributed by atoms with Gasteiger partial charge in [0.2, 0.25) is 5.91 Å². The highest BCUT2D eigenvalue weighted by Gasteiger charge is 2.12. The molecule has 0 saturated heterocycles. The standard InChI is InChI=1S/C22H28N4O2/c1-16-8-9-19(22(28)23-15-18-6-4-3-5-7-18)14-20(16)25-21(27)11-13-26-17(2)10-12-24-26/h6,8-10,12,14H,3-5,7,11,13,15H2,1-2H3,(H,23,28)(H,25,27). The molecule has 2 amide bonds. The van der Waals surface area contributed by atoms with Crippen molar-refractivity contribution in [3.63, 3.8) is 0 Å². The lowest BCUT2D eigenvalue weighted by molar-refractivity contribution is -0.116. The fourth-order valence-corrected chi connectivity index (χ4v) is 3.31. The van der Waals surface area contributed by atoms with Crippen LogP contribution in [-0.2, 0) is 11.3 Å². The van der Waals surface area contributed by atoms with Crippen molar-refractivity contribution in [1.82, 2.24) is 15.1 Å². The van der Waals surface area contributed by atoms with Crippen LogP contribution in [0.15, 0.2) is 42.1 Å². The van der Waals surface area contributed by atoms with Crippen molar-refractivity contribution in [2.75, 3.05) is 11.9 Å². The first-order valence-electron chi connectivity index (χ1n) is 9.88. The zero-order chi connectivity index (χ0) is 19.9. The number of hydrogen-bond donors (Lipinski definition) is 2. The number of carbonyl (C=O) groups excluding carboxylic acids is 2. The van der Waals surface area contributed by atoms with Crippen molar-refractivity contribution < 1.29 is 9.59 Å². The van der Waals surface area contributed by atoms with Crippen LogP contribution in [0.1, 0.15) is 53.7 Å². The van der Waals surface area contributed by atoms with Gasteiger partial charge in [-0.2, -0.15) is 5.10 Å². The van der Waals surface area contributed by atoms with Gasteiger partial charge in [0.15, 0.2) is 0 Å². The third-order valence-electron chi connectivity index (χ3n) is 5.11. The maximum Gasteiger partial charge on any atom is 0.251 e. The molecular formula is C22H28N4O2. The molecule has 0 spiro atoms. The van der Waals surface area contributed by atoms with Crippen LogP contribution in [0.3, 0.4) is 0 Å². The highest BCUT2D eigenvalue weighted by atomic mass is 16.2. The van der Waals surface area contributed by atoms with E-state index >= 15 is 0 Å². The molecule has 1 heterocycles. The van der Waals surface area contributed by atoms with Gasteiger partial charge < -0.3 is 10.6 Å². The highest BCUT2D eigenvalue weighted by molar-refractivity contribution is 5.97. The Labute approximate surface area is 166 Å². The van der Waals surface area contributed by atoms with E-state index in [1.165, 1.54) is 18.4 Å². The molecule has 0 saturated carbocycles. The summed E-state index contributed by atoms with van der Waals surface area (Å²) in [6, 6.07) is 7.31. The molecule has 3 rings (SSSR count). The molecule has 2 aromatic rings. The number of aromatic nitrogens is 2. The molecule has 6 nitrogen and oxygen atoms in total. The molecule has 2 N–H and O–H groups in total. The number of benzene rings is 1. The largest absolute Gasteiger partial charge is 0.348 e. The van der Waals surface area contributed by atoms with Crippen molar-refractivity contribution >= 4 is 17.5 Å². The topological polar surface area (TPSA) is 76.0 Å². The Morgan fingerprint density at radius 2 is 2.04 bits per heavy atom. The Kier molecular flexibility index (Phi) is 6.63. The van der Waals surface area contributed by atoms with Gasteiger partial charge in [-0.3, -0.25) is 14.3 Å². The Morgan fingerprint density at radius 1 is 1.18 bits per heavy atom. The lowest BCUT2D eigenvalue weighted by atomic mass is 9.99. The minimum atomic E-state index is -0.117. The second-order valence-corrected chi connectivity index (χ2v) is 7.31. The van der Waals surface area contributed by atoms with E-state index in [4.69, 9.17) is 0 Å². The highest BCUT2D eigenvalue weighted by Crippen LogP contribution is 2.19. The van der Waals surface area contributed by atoms with Crippen LogP contribution >= 0.6 is 0 Å². The van der Waals surface area contributed by atoms with Crippen molar-refractivity contribution in [3.05, 3.63) is 58.9 Å². The summed E-state index contributed by atoms with van der Waals surface area (Å²) in [6.07, 6.45) is 8.87. The molecule has 1 aromatic carbocycles. The molecule has 0 aliphatic heterocycles. The summed E-state index contributed by atoms with van der Waals surface area (Å²) in [6.45, 7) is 5.00. The number of aryl methyl sites for hydroxylation is 3. The van der Waals surface area contributed by atoms with E-state index in [1.54, 1.807) is 23.0 Å². The van der Waals surface area contributed by atoms with E-state index in [9.17, 15) is 9.59 Å². The molecule has 0 fully saturated rings. The predicted molar refractivity (Wildman–Crippen MR) is 110 cm³/mol. The summed E-state index contributed by atoms with van der Waals surface area (Å²) in [5, 5.41) is 10.1. The van der Waals surface area contributed by atoms with Crippen LogP contribution in [0, 0.1) is 13.8 Å². The molecule has 0 radical (unpaired) electrons. The Hall–Kier alpha value is -2.89. The van der Waals surface area contributed by atoms with Crippen molar-refractivity contribution in [2.24, 2.45) is 0 Å². The summed E-state index contributed by atoms with van der Waals surface area (Å²) in [5.41, 5.74) is 4.48.